The topological polar surface area (TPSA) is 73.3 Å². The highest BCUT2D eigenvalue weighted by molar-refractivity contribution is 8.14. The molecule has 0 bridgehead atoms. The molecule has 1 fully saturated rings. The molecule has 0 radical (unpaired) electrons. The fraction of sp³-hybridized carbons (Fsp3) is 0.500. The lowest BCUT2D eigenvalue weighted by atomic mass is 9.97. The van der Waals surface area contributed by atoms with Gasteiger partial charge < -0.3 is 5.73 Å². The average molecular weight is 342 g/mol. The quantitative estimate of drug-likeness (QED) is 0.863. The van der Waals surface area contributed by atoms with Gasteiger partial charge in [0.05, 0.1) is 17.6 Å². The van der Waals surface area contributed by atoms with Gasteiger partial charge in [-0.1, -0.05) is 44.4 Å². The predicted molar refractivity (Wildman–Crippen MR) is 99.8 cm³/mol. The molecule has 6 heteroatoms. The summed E-state index contributed by atoms with van der Waals surface area (Å²) in [5.74, 6) is 1.22. The Hall–Kier alpha value is -1.82. The van der Waals surface area contributed by atoms with Crippen LogP contribution < -0.4 is 5.73 Å². The number of benzene rings is 1. The number of nitrogens with two attached hydrogens (primary N) is 1. The van der Waals surface area contributed by atoms with Crippen LogP contribution in [0, 0.1) is 5.92 Å². The number of aliphatic imine (C=N–C) groups is 1. The molecule has 126 valence electrons. The molecule has 0 saturated heterocycles. The number of aromatic nitrogens is 2. The monoisotopic (exact) mass is 342 g/mol. The Balaban J connectivity index is 1.67. The fourth-order valence-electron chi connectivity index (χ4n) is 3.65. The Morgan fingerprint density at radius 2 is 2.17 bits per heavy atom. The lowest BCUT2D eigenvalue weighted by Crippen LogP contribution is -2.11. The van der Waals surface area contributed by atoms with Crippen molar-refractivity contribution in [3.63, 3.8) is 0 Å². The molecule has 1 unspecified atom stereocenters. The molecule has 2 aromatic rings. The molecule has 2 N–H and O–H groups in total. The van der Waals surface area contributed by atoms with Crippen LogP contribution >= 0.6 is 11.8 Å². The Bertz CT molecular complexity index is 820. The number of anilines is 1. The van der Waals surface area contributed by atoms with Gasteiger partial charge in [0.1, 0.15) is 0 Å². The molecule has 1 aromatic carbocycles. The van der Waals surface area contributed by atoms with Gasteiger partial charge in [-0.05, 0) is 24.1 Å². The molecule has 2 heterocycles. The van der Waals surface area contributed by atoms with Gasteiger partial charge in [-0.3, -0.25) is 14.4 Å². The van der Waals surface area contributed by atoms with E-state index in [1.165, 1.54) is 25.7 Å². The maximum absolute atomic E-state index is 12.6. The van der Waals surface area contributed by atoms with E-state index in [4.69, 9.17) is 5.73 Å². The number of rotatable bonds is 3. The third-order valence-electron chi connectivity index (χ3n) is 4.93. The minimum Gasteiger partial charge on any atom is -0.369 e. The molecule has 1 aliphatic carbocycles. The first-order chi connectivity index (χ1) is 11.6. The number of ketones is 1. The Morgan fingerprint density at radius 3 is 2.88 bits per heavy atom. The van der Waals surface area contributed by atoms with Crippen molar-refractivity contribution in [1.29, 1.82) is 0 Å². The van der Waals surface area contributed by atoms with Crippen LogP contribution in [0.1, 0.15) is 49.4 Å². The van der Waals surface area contributed by atoms with Crippen LogP contribution in [0.5, 0.6) is 0 Å². The Labute approximate surface area is 145 Å². The van der Waals surface area contributed by atoms with Crippen molar-refractivity contribution in [2.75, 3.05) is 12.3 Å². The zero-order valence-corrected chi connectivity index (χ0v) is 14.7. The summed E-state index contributed by atoms with van der Waals surface area (Å²) < 4.78 is 1.88. The van der Waals surface area contributed by atoms with Crippen LogP contribution in [0.25, 0.3) is 11.0 Å². The number of fused-ring (bicyclic) bond motifs is 1. The lowest BCUT2D eigenvalue weighted by Gasteiger charge is -2.09. The number of nitrogens with zero attached hydrogens (tertiary/aromatic N) is 3. The first-order valence-electron chi connectivity index (χ1n) is 8.64. The second-order valence-electron chi connectivity index (χ2n) is 6.84. The fourth-order valence-corrected chi connectivity index (χ4v) is 4.60. The van der Waals surface area contributed by atoms with E-state index in [1.807, 2.05) is 22.8 Å². The maximum atomic E-state index is 12.6. The standard InChI is InChI=1S/C18H22N4OS/c1-11-10-20-18(24-11)22-15-9-13(6-7-14(15)21-17(22)19)16(23)8-12-4-2-3-5-12/h6-7,9,11-12H,2-5,8,10H2,1H3,(H2,19,21). The summed E-state index contributed by atoms with van der Waals surface area (Å²) in [6.45, 7) is 2.94. The smallest absolute Gasteiger partial charge is 0.207 e. The van der Waals surface area contributed by atoms with E-state index in [2.05, 4.69) is 16.9 Å². The maximum Gasteiger partial charge on any atom is 0.207 e. The van der Waals surface area contributed by atoms with Crippen molar-refractivity contribution in [3.8, 4) is 0 Å². The van der Waals surface area contributed by atoms with E-state index in [1.54, 1.807) is 11.8 Å². The zero-order valence-electron chi connectivity index (χ0n) is 13.9. The van der Waals surface area contributed by atoms with E-state index in [-0.39, 0.29) is 5.78 Å². The zero-order chi connectivity index (χ0) is 16.7. The highest BCUT2D eigenvalue weighted by Crippen LogP contribution is 2.31. The van der Waals surface area contributed by atoms with Gasteiger partial charge in [0, 0.05) is 17.2 Å². The van der Waals surface area contributed by atoms with Gasteiger partial charge in [-0.25, -0.2) is 4.98 Å². The number of carbonyl (C=O) groups excluding carboxylic acids is 1. The molecule has 2 aliphatic rings. The number of nitrogen functional groups attached to an aromatic ring is 1. The molecule has 4 rings (SSSR count). The molecule has 0 spiro atoms. The highest BCUT2D eigenvalue weighted by atomic mass is 32.2. The summed E-state index contributed by atoms with van der Waals surface area (Å²) in [7, 11) is 0. The van der Waals surface area contributed by atoms with Crippen LogP contribution in [-0.2, 0) is 0 Å². The number of hydrogen-bond donors (Lipinski definition) is 1. The summed E-state index contributed by atoms with van der Waals surface area (Å²) in [4.78, 5) is 21.6. The van der Waals surface area contributed by atoms with Crippen molar-refractivity contribution < 1.29 is 4.79 Å². The third-order valence-corrected chi connectivity index (χ3v) is 6.01. The largest absolute Gasteiger partial charge is 0.369 e. The van der Waals surface area contributed by atoms with E-state index in [9.17, 15) is 4.79 Å². The van der Waals surface area contributed by atoms with E-state index in [0.29, 0.717) is 23.5 Å². The number of Topliss-reactive ketones (excluding diaryl/α,β-unsaturated/α-hetero) is 1. The highest BCUT2D eigenvalue weighted by Gasteiger charge is 2.23. The van der Waals surface area contributed by atoms with Crippen molar-refractivity contribution in [2.24, 2.45) is 10.9 Å². The summed E-state index contributed by atoms with van der Waals surface area (Å²) >= 11 is 1.70. The number of thioether (sulfide) groups is 1. The second-order valence-corrected chi connectivity index (χ2v) is 8.24. The summed E-state index contributed by atoms with van der Waals surface area (Å²) in [5, 5.41) is 1.33. The van der Waals surface area contributed by atoms with Crippen LogP contribution in [0.4, 0.5) is 5.95 Å². The molecule has 1 aromatic heterocycles. The molecule has 1 saturated carbocycles. The SMILES string of the molecule is CC1CN=C(n2c(N)nc3ccc(C(=O)CC4CCCC4)cc32)S1. The lowest BCUT2D eigenvalue weighted by molar-refractivity contribution is 0.0962. The number of imidazole rings is 1. The molecule has 0 amide bonds. The Kier molecular flexibility index (Phi) is 4.08. The van der Waals surface area contributed by atoms with E-state index in [0.717, 1.165) is 28.3 Å². The van der Waals surface area contributed by atoms with Crippen LogP contribution in [0.3, 0.4) is 0 Å². The molecular weight excluding hydrogens is 320 g/mol. The Morgan fingerprint density at radius 1 is 1.38 bits per heavy atom. The molecular formula is C18H22N4OS. The second kappa shape index (κ2) is 6.24. The minimum atomic E-state index is 0.226. The van der Waals surface area contributed by atoms with Crippen molar-refractivity contribution in [1.82, 2.24) is 9.55 Å². The van der Waals surface area contributed by atoms with Gasteiger partial charge in [-0.2, -0.15) is 0 Å². The molecule has 24 heavy (non-hydrogen) atoms. The van der Waals surface area contributed by atoms with Crippen molar-refractivity contribution in [3.05, 3.63) is 23.8 Å². The van der Waals surface area contributed by atoms with E-state index < -0.39 is 0 Å². The van der Waals surface area contributed by atoms with Gasteiger partial charge in [-0.15, -0.1) is 0 Å². The summed E-state index contributed by atoms with van der Waals surface area (Å²) in [5.41, 5.74) is 8.56. The van der Waals surface area contributed by atoms with Crippen molar-refractivity contribution >= 4 is 39.7 Å². The van der Waals surface area contributed by atoms with Crippen LogP contribution in [0.15, 0.2) is 23.2 Å². The summed E-state index contributed by atoms with van der Waals surface area (Å²) in [6, 6.07) is 5.71. The average Bonchev–Trinajstić information content (AvgIpc) is 3.26. The van der Waals surface area contributed by atoms with Crippen LogP contribution in [0.2, 0.25) is 0 Å². The first-order valence-corrected chi connectivity index (χ1v) is 9.52. The molecule has 1 aliphatic heterocycles. The van der Waals surface area contributed by atoms with E-state index >= 15 is 0 Å². The predicted octanol–water partition coefficient (Wildman–Crippen LogP) is 3.72. The molecule has 1 atom stereocenters. The minimum absolute atomic E-state index is 0.226. The number of hydrogen-bond acceptors (Lipinski definition) is 5. The van der Waals surface area contributed by atoms with Crippen LogP contribution in [-0.4, -0.2) is 32.3 Å². The van der Waals surface area contributed by atoms with Crippen molar-refractivity contribution in [2.45, 2.75) is 44.3 Å². The molecule has 5 nitrogen and oxygen atoms in total. The third kappa shape index (κ3) is 2.83. The number of carbonyl (C=O) groups is 1. The first kappa shape index (κ1) is 15.7. The van der Waals surface area contributed by atoms with Gasteiger partial charge in [0.15, 0.2) is 11.0 Å². The van der Waals surface area contributed by atoms with Gasteiger partial charge in [0.25, 0.3) is 0 Å². The normalized spacial score (nSPS) is 21.5. The van der Waals surface area contributed by atoms with Gasteiger partial charge >= 0.3 is 0 Å². The van der Waals surface area contributed by atoms with Gasteiger partial charge in [0.2, 0.25) is 5.95 Å². The summed E-state index contributed by atoms with van der Waals surface area (Å²) in [6.07, 6.45) is 5.54.